The maximum Gasteiger partial charge on any atom is 0.433 e. The number of aromatic nitrogens is 3. The van der Waals surface area contributed by atoms with Crippen molar-refractivity contribution < 1.29 is 27.4 Å². The van der Waals surface area contributed by atoms with Crippen molar-refractivity contribution in [1.82, 2.24) is 14.8 Å². The number of amides is 1. The van der Waals surface area contributed by atoms with Gasteiger partial charge in [0.15, 0.2) is 11.5 Å². The Morgan fingerprint density at radius 1 is 1.03 bits per heavy atom. The van der Waals surface area contributed by atoms with Gasteiger partial charge in [-0.25, -0.2) is 9.67 Å². The molecule has 0 atom stereocenters. The quantitative estimate of drug-likeness (QED) is 0.383. The molecule has 0 saturated carbocycles. The predicted molar refractivity (Wildman–Crippen MR) is 122 cm³/mol. The third-order valence-electron chi connectivity index (χ3n) is 4.94. The third-order valence-corrected chi connectivity index (χ3v) is 6.14. The number of alkyl halides is 3. The first-order chi connectivity index (χ1) is 16.2. The molecule has 2 aromatic heterocycles. The molecule has 34 heavy (non-hydrogen) atoms. The first kappa shape index (κ1) is 23.3. The molecule has 0 radical (unpaired) electrons. The first-order valence-electron chi connectivity index (χ1n) is 9.94. The average molecular weight is 488 g/mol. The van der Waals surface area contributed by atoms with Crippen LogP contribution in [0.25, 0.3) is 16.3 Å². The van der Waals surface area contributed by atoms with Crippen LogP contribution in [0.5, 0.6) is 11.5 Å². The third kappa shape index (κ3) is 4.60. The van der Waals surface area contributed by atoms with E-state index < -0.39 is 11.9 Å². The molecule has 0 aliphatic rings. The fraction of sp³-hybridized carbons (Fsp3) is 0.174. The van der Waals surface area contributed by atoms with Crippen LogP contribution in [0.1, 0.15) is 21.1 Å². The summed E-state index contributed by atoms with van der Waals surface area (Å²) in [6, 6.07) is 12.2. The molecule has 0 aliphatic heterocycles. The van der Waals surface area contributed by atoms with E-state index in [1.165, 1.54) is 42.7 Å². The average Bonchev–Trinajstić information content (AvgIpc) is 3.46. The molecule has 176 valence electrons. The molecule has 0 unspecified atom stereocenters. The molecular weight excluding hydrogens is 469 g/mol. The SMILES string of the molecule is COc1ccc(-c2nc(C)c(C(=O)Nc3ccc(-n4nccc4C(F)(F)F)cc3)s2)cc1OC. The lowest BCUT2D eigenvalue weighted by Gasteiger charge is -2.11. The van der Waals surface area contributed by atoms with Crippen molar-refractivity contribution in [3.63, 3.8) is 0 Å². The number of nitrogens with one attached hydrogen (secondary N) is 1. The van der Waals surface area contributed by atoms with Gasteiger partial charge in [0.2, 0.25) is 0 Å². The maximum atomic E-state index is 13.1. The Morgan fingerprint density at radius 3 is 2.38 bits per heavy atom. The largest absolute Gasteiger partial charge is 0.493 e. The molecule has 0 fully saturated rings. The monoisotopic (exact) mass is 488 g/mol. The van der Waals surface area contributed by atoms with E-state index in [4.69, 9.17) is 9.47 Å². The minimum Gasteiger partial charge on any atom is -0.493 e. The van der Waals surface area contributed by atoms with Gasteiger partial charge in [-0.2, -0.15) is 18.3 Å². The normalized spacial score (nSPS) is 11.4. The lowest BCUT2D eigenvalue weighted by Crippen LogP contribution is -2.14. The van der Waals surface area contributed by atoms with Crippen molar-refractivity contribution in [2.45, 2.75) is 13.1 Å². The molecular formula is C23H19F3N4O3S. The zero-order valence-corrected chi connectivity index (χ0v) is 19.1. The fourth-order valence-electron chi connectivity index (χ4n) is 3.30. The Balaban J connectivity index is 1.53. The number of rotatable bonds is 6. The minimum atomic E-state index is -4.53. The van der Waals surface area contributed by atoms with Crippen molar-refractivity contribution in [3.8, 4) is 27.8 Å². The van der Waals surface area contributed by atoms with Crippen LogP contribution in [0.3, 0.4) is 0 Å². The van der Waals surface area contributed by atoms with Crippen LogP contribution < -0.4 is 14.8 Å². The summed E-state index contributed by atoms with van der Waals surface area (Å²) in [7, 11) is 3.08. The molecule has 4 aromatic rings. The molecule has 0 bridgehead atoms. The summed E-state index contributed by atoms with van der Waals surface area (Å²) in [5, 5.41) is 7.14. The number of ether oxygens (including phenoxy) is 2. The number of carbonyl (C=O) groups is 1. The van der Waals surface area contributed by atoms with E-state index in [0.29, 0.717) is 32.8 Å². The number of benzene rings is 2. The molecule has 4 rings (SSSR count). The summed E-state index contributed by atoms with van der Waals surface area (Å²) < 4.78 is 50.7. The second kappa shape index (κ2) is 9.18. The molecule has 0 spiro atoms. The lowest BCUT2D eigenvalue weighted by molar-refractivity contribution is -0.142. The van der Waals surface area contributed by atoms with Crippen LogP contribution in [0.4, 0.5) is 18.9 Å². The first-order valence-corrected chi connectivity index (χ1v) is 10.8. The molecule has 1 N–H and O–H groups in total. The van der Waals surface area contributed by atoms with Gasteiger partial charge in [-0.05, 0) is 55.5 Å². The van der Waals surface area contributed by atoms with Gasteiger partial charge in [0.25, 0.3) is 5.91 Å². The van der Waals surface area contributed by atoms with E-state index >= 15 is 0 Å². The summed E-state index contributed by atoms with van der Waals surface area (Å²) in [5.74, 6) is 0.757. The number of anilines is 1. The summed E-state index contributed by atoms with van der Waals surface area (Å²) in [4.78, 5) is 17.8. The van der Waals surface area contributed by atoms with Gasteiger partial charge in [-0.3, -0.25) is 4.79 Å². The summed E-state index contributed by atoms with van der Waals surface area (Å²) in [6.45, 7) is 1.73. The van der Waals surface area contributed by atoms with E-state index in [-0.39, 0.29) is 11.6 Å². The van der Waals surface area contributed by atoms with Gasteiger partial charge in [0.05, 0.1) is 31.8 Å². The van der Waals surface area contributed by atoms with Crippen molar-refractivity contribution in [2.75, 3.05) is 19.5 Å². The molecule has 0 aliphatic carbocycles. The highest BCUT2D eigenvalue weighted by atomic mass is 32.1. The van der Waals surface area contributed by atoms with Crippen LogP contribution >= 0.6 is 11.3 Å². The number of carbonyl (C=O) groups excluding carboxylic acids is 1. The van der Waals surface area contributed by atoms with E-state index in [1.807, 2.05) is 6.07 Å². The van der Waals surface area contributed by atoms with Crippen LogP contribution in [-0.2, 0) is 6.18 Å². The van der Waals surface area contributed by atoms with E-state index in [9.17, 15) is 18.0 Å². The molecule has 2 heterocycles. The summed E-state index contributed by atoms with van der Waals surface area (Å²) in [5.41, 5.74) is 1.09. The Labute approximate surface area is 196 Å². The summed E-state index contributed by atoms with van der Waals surface area (Å²) in [6.07, 6.45) is -3.44. The Hall–Kier alpha value is -3.86. The van der Waals surface area contributed by atoms with Crippen molar-refractivity contribution in [2.24, 2.45) is 0 Å². The molecule has 1 amide bonds. The zero-order chi connectivity index (χ0) is 24.5. The molecule has 7 nitrogen and oxygen atoms in total. The molecule has 2 aromatic carbocycles. The van der Waals surface area contributed by atoms with Gasteiger partial charge in [-0.1, -0.05) is 0 Å². The van der Waals surface area contributed by atoms with Crippen LogP contribution in [0.15, 0.2) is 54.7 Å². The molecule has 0 saturated heterocycles. The topological polar surface area (TPSA) is 78.3 Å². The summed E-state index contributed by atoms with van der Waals surface area (Å²) >= 11 is 1.22. The minimum absolute atomic E-state index is 0.222. The number of hydrogen-bond donors (Lipinski definition) is 1. The highest BCUT2D eigenvalue weighted by Crippen LogP contribution is 2.35. The van der Waals surface area contributed by atoms with Gasteiger partial charge in [-0.15, -0.1) is 11.3 Å². The smallest absolute Gasteiger partial charge is 0.433 e. The lowest BCUT2D eigenvalue weighted by atomic mass is 10.2. The van der Waals surface area contributed by atoms with E-state index in [2.05, 4.69) is 15.4 Å². The van der Waals surface area contributed by atoms with Crippen LogP contribution in [0.2, 0.25) is 0 Å². The van der Waals surface area contributed by atoms with Gasteiger partial charge >= 0.3 is 6.18 Å². The van der Waals surface area contributed by atoms with Crippen molar-refractivity contribution in [1.29, 1.82) is 0 Å². The van der Waals surface area contributed by atoms with Crippen LogP contribution in [-0.4, -0.2) is 34.9 Å². The second-order valence-corrected chi connectivity index (χ2v) is 8.13. The Kier molecular flexibility index (Phi) is 6.29. The van der Waals surface area contributed by atoms with E-state index in [0.717, 1.165) is 22.5 Å². The van der Waals surface area contributed by atoms with Crippen molar-refractivity contribution in [3.05, 3.63) is 71.0 Å². The molecule has 11 heteroatoms. The zero-order valence-electron chi connectivity index (χ0n) is 18.3. The number of hydrogen-bond acceptors (Lipinski definition) is 6. The maximum absolute atomic E-state index is 13.1. The van der Waals surface area contributed by atoms with Gasteiger partial charge in [0.1, 0.15) is 15.6 Å². The number of nitrogens with zero attached hydrogens (tertiary/aromatic N) is 3. The predicted octanol–water partition coefficient (Wildman–Crippen LogP) is 5.59. The Bertz CT molecular complexity index is 1330. The number of thiazole rings is 1. The standard InChI is InChI=1S/C23H19F3N4O3S/c1-13-20(34-22(28-13)14-4-9-17(32-2)18(12-14)33-3)21(31)29-15-5-7-16(8-6-15)30-19(10-11-27-30)23(24,25)26/h4-12H,1-3H3,(H,29,31). The Morgan fingerprint density at radius 2 is 1.74 bits per heavy atom. The van der Waals surface area contributed by atoms with E-state index in [1.54, 1.807) is 26.2 Å². The number of methoxy groups -OCH3 is 2. The van der Waals surface area contributed by atoms with Crippen molar-refractivity contribution >= 4 is 22.9 Å². The number of halogens is 3. The van der Waals surface area contributed by atoms with Gasteiger partial charge in [0, 0.05) is 11.3 Å². The van der Waals surface area contributed by atoms with Gasteiger partial charge < -0.3 is 14.8 Å². The highest BCUT2D eigenvalue weighted by molar-refractivity contribution is 7.17. The highest BCUT2D eigenvalue weighted by Gasteiger charge is 2.35. The second-order valence-electron chi connectivity index (χ2n) is 7.13. The fourth-order valence-corrected chi connectivity index (χ4v) is 4.26. The van der Waals surface area contributed by atoms with Crippen LogP contribution in [0, 0.1) is 6.92 Å². The number of aryl methyl sites for hydroxylation is 1.